The molecule has 6 nitrogen and oxygen atoms in total. The third-order valence-electron chi connectivity index (χ3n) is 3.43. The number of carbonyl (C=O) groups excluding carboxylic acids is 2. The van der Waals surface area contributed by atoms with Gasteiger partial charge in [0.15, 0.2) is 9.84 Å². The fraction of sp³-hybridized carbons (Fsp3) is 0.429. The number of anilines is 1. The molecule has 0 spiro atoms. The van der Waals surface area contributed by atoms with Crippen molar-refractivity contribution in [1.82, 2.24) is 4.90 Å². The predicted octanol–water partition coefficient (Wildman–Crippen LogP) is 0.661. The van der Waals surface area contributed by atoms with Crippen LogP contribution in [0.15, 0.2) is 30.3 Å². The molecule has 1 aliphatic heterocycles. The van der Waals surface area contributed by atoms with Crippen molar-refractivity contribution >= 4 is 27.3 Å². The van der Waals surface area contributed by atoms with Crippen molar-refractivity contribution in [3.8, 4) is 0 Å². The molecule has 2 amide bonds. The maximum Gasteiger partial charge on any atom is 0.244 e. The van der Waals surface area contributed by atoms with E-state index in [1.807, 2.05) is 6.07 Å². The molecule has 114 valence electrons. The molecule has 1 aromatic carbocycles. The van der Waals surface area contributed by atoms with Gasteiger partial charge in [-0.2, -0.15) is 0 Å². The van der Waals surface area contributed by atoms with Gasteiger partial charge in [0, 0.05) is 18.7 Å². The average Bonchev–Trinajstić information content (AvgIpc) is 2.77. The van der Waals surface area contributed by atoms with E-state index in [2.05, 4.69) is 5.32 Å². The van der Waals surface area contributed by atoms with Crippen LogP contribution < -0.4 is 5.32 Å². The number of sulfone groups is 1. The van der Waals surface area contributed by atoms with Crippen LogP contribution in [0.2, 0.25) is 0 Å². The summed E-state index contributed by atoms with van der Waals surface area (Å²) in [6, 6.07) is 8.51. The summed E-state index contributed by atoms with van der Waals surface area (Å²) in [5, 5.41) is 2.69. The number of hydrogen-bond donors (Lipinski definition) is 1. The summed E-state index contributed by atoms with van der Waals surface area (Å²) in [5.74, 6) is -0.617. The number of rotatable bonds is 4. The van der Waals surface area contributed by atoms with Gasteiger partial charge in [-0.15, -0.1) is 0 Å². The van der Waals surface area contributed by atoms with Crippen molar-refractivity contribution in [1.29, 1.82) is 0 Å². The van der Waals surface area contributed by atoms with E-state index in [9.17, 15) is 18.0 Å². The van der Waals surface area contributed by atoms with E-state index in [0.29, 0.717) is 12.1 Å². The molecule has 1 aromatic rings. The van der Waals surface area contributed by atoms with Gasteiger partial charge in [-0.25, -0.2) is 8.42 Å². The molecule has 1 fully saturated rings. The monoisotopic (exact) mass is 310 g/mol. The highest BCUT2D eigenvalue weighted by atomic mass is 32.2. The molecule has 2 rings (SSSR count). The molecule has 1 saturated heterocycles. The predicted molar refractivity (Wildman–Crippen MR) is 79.5 cm³/mol. The molecule has 1 unspecified atom stereocenters. The van der Waals surface area contributed by atoms with Gasteiger partial charge in [-0.3, -0.25) is 9.59 Å². The van der Waals surface area contributed by atoms with E-state index in [1.165, 1.54) is 11.8 Å². The fourth-order valence-corrected chi connectivity index (χ4v) is 4.13. The van der Waals surface area contributed by atoms with E-state index >= 15 is 0 Å². The van der Waals surface area contributed by atoms with Crippen LogP contribution in [0.3, 0.4) is 0 Å². The zero-order valence-corrected chi connectivity index (χ0v) is 12.6. The summed E-state index contributed by atoms with van der Waals surface area (Å²) in [5.41, 5.74) is 0.644. The summed E-state index contributed by atoms with van der Waals surface area (Å²) in [7, 11) is -3.09. The van der Waals surface area contributed by atoms with Crippen LogP contribution in [-0.4, -0.2) is 49.2 Å². The lowest BCUT2D eigenvalue weighted by molar-refractivity contribution is -0.134. The molecule has 1 aliphatic rings. The first kappa shape index (κ1) is 15.5. The van der Waals surface area contributed by atoms with Crippen molar-refractivity contribution in [2.24, 2.45) is 0 Å². The van der Waals surface area contributed by atoms with Gasteiger partial charge in [0.1, 0.15) is 6.54 Å². The zero-order chi connectivity index (χ0) is 15.5. The first-order valence-electron chi connectivity index (χ1n) is 6.70. The molecule has 0 aromatic heterocycles. The van der Waals surface area contributed by atoms with Gasteiger partial charge in [0.25, 0.3) is 0 Å². The summed E-state index contributed by atoms with van der Waals surface area (Å²) < 4.78 is 23.0. The minimum absolute atomic E-state index is 0.0643. The molecule has 0 radical (unpaired) electrons. The standard InChI is InChI=1S/C14H18N2O4S/c1-11(17)16(13-7-8-21(19,20)10-13)9-14(18)15-12-5-3-2-4-6-12/h2-6,13H,7-10H2,1H3,(H,15,18). The van der Waals surface area contributed by atoms with Crippen molar-refractivity contribution in [3.05, 3.63) is 30.3 Å². The third kappa shape index (κ3) is 4.29. The van der Waals surface area contributed by atoms with Crippen LogP contribution in [-0.2, 0) is 19.4 Å². The van der Waals surface area contributed by atoms with Crippen LogP contribution in [0.4, 0.5) is 5.69 Å². The SMILES string of the molecule is CC(=O)N(CC(=O)Nc1ccccc1)C1CCS(=O)(=O)C1. The Balaban J connectivity index is 2.00. The third-order valence-corrected chi connectivity index (χ3v) is 5.18. The molecular formula is C14H18N2O4S. The average molecular weight is 310 g/mol. The van der Waals surface area contributed by atoms with Crippen molar-refractivity contribution in [3.63, 3.8) is 0 Å². The van der Waals surface area contributed by atoms with E-state index in [0.717, 1.165) is 0 Å². The van der Waals surface area contributed by atoms with E-state index in [-0.39, 0.29) is 29.9 Å². The Morgan fingerprint density at radius 1 is 1.29 bits per heavy atom. The van der Waals surface area contributed by atoms with Crippen LogP contribution in [0.1, 0.15) is 13.3 Å². The smallest absolute Gasteiger partial charge is 0.244 e. The van der Waals surface area contributed by atoms with Crippen LogP contribution in [0, 0.1) is 0 Å². The van der Waals surface area contributed by atoms with E-state index in [1.54, 1.807) is 24.3 Å². The lowest BCUT2D eigenvalue weighted by atomic mass is 10.2. The molecule has 7 heteroatoms. The molecule has 0 aliphatic carbocycles. The van der Waals surface area contributed by atoms with Gasteiger partial charge in [0.05, 0.1) is 11.5 Å². The number of para-hydroxylation sites is 1. The number of benzene rings is 1. The first-order chi connectivity index (χ1) is 9.87. The quantitative estimate of drug-likeness (QED) is 0.885. The van der Waals surface area contributed by atoms with Gasteiger partial charge in [-0.1, -0.05) is 18.2 Å². The summed E-state index contributed by atoms with van der Waals surface area (Å²) >= 11 is 0. The number of carbonyl (C=O) groups is 2. The Morgan fingerprint density at radius 2 is 1.95 bits per heavy atom. The molecule has 1 N–H and O–H groups in total. The first-order valence-corrected chi connectivity index (χ1v) is 8.52. The van der Waals surface area contributed by atoms with E-state index in [4.69, 9.17) is 0 Å². The van der Waals surface area contributed by atoms with Gasteiger partial charge < -0.3 is 10.2 Å². The maximum absolute atomic E-state index is 12.0. The summed E-state index contributed by atoms with van der Waals surface area (Å²) in [6.07, 6.45) is 0.389. The highest BCUT2D eigenvalue weighted by Crippen LogP contribution is 2.18. The normalized spacial score (nSPS) is 20.0. The minimum atomic E-state index is -3.09. The maximum atomic E-state index is 12.0. The molecule has 0 saturated carbocycles. The minimum Gasteiger partial charge on any atom is -0.330 e. The van der Waals surface area contributed by atoms with E-state index < -0.39 is 15.9 Å². The number of hydrogen-bond acceptors (Lipinski definition) is 4. The second-order valence-corrected chi connectivity index (χ2v) is 7.35. The van der Waals surface area contributed by atoms with Gasteiger partial charge >= 0.3 is 0 Å². The Hall–Kier alpha value is -1.89. The molecule has 0 bridgehead atoms. The second-order valence-electron chi connectivity index (χ2n) is 5.12. The van der Waals surface area contributed by atoms with Crippen molar-refractivity contribution < 1.29 is 18.0 Å². The Labute approximate surface area is 124 Å². The largest absolute Gasteiger partial charge is 0.330 e. The highest BCUT2D eigenvalue weighted by molar-refractivity contribution is 7.91. The second kappa shape index (κ2) is 6.26. The van der Waals surface area contributed by atoms with Crippen molar-refractivity contribution in [2.75, 3.05) is 23.4 Å². The Morgan fingerprint density at radius 3 is 2.48 bits per heavy atom. The Kier molecular flexibility index (Phi) is 4.62. The molecule has 21 heavy (non-hydrogen) atoms. The molecular weight excluding hydrogens is 292 g/mol. The topological polar surface area (TPSA) is 83.6 Å². The molecule has 1 heterocycles. The summed E-state index contributed by atoms with van der Waals surface area (Å²) in [4.78, 5) is 25.0. The Bertz CT molecular complexity index is 628. The lowest BCUT2D eigenvalue weighted by Crippen LogP contribution is -2.44. The molecule has 1 atom stereocenters. The van der Waals surface area contributed by atoms with Crippen molar-refractivity contribution in [2.45, 2.75) is 19.4 Å². The lowest BCUT2D eigenvalue weighted by Gasteiger charge is -2.26. The number of nitrogens with one attached hydrogen (secondary N) is 1. The van der Waals surface area contributed by atoms with Crippen LogP contribution in [0.5, 0.6) is 0 Å². The zero-order valence-electron chi connectivity index (χ0n) is 11.8. The highest BCUT2D eigenvalue weighted by Gasteiger charge is 2.34. The van der Waals surface area contributed by atoms with Gasteiger partial charge in [0.2, 0.25) is 11.8 Å². The number of nitrogens with zero attached hydrogens (tertiary/aromatic N) is 1. The number of amides is 2. The van der Waals surface area contributed by atoms with Crippen LogP contribution >= 0.6 is 0 Å². The fourth-order valence-electron chi connectivity index (χ4n) is 2.40. The van der Waals surface area contributed by atoms with Gasteiger partial charge in [-0.05, 0) is 18.6 Å². The van der Waals surface area contributed by atoms with Crippen LogP contribution in [0.25, 0.3) is 0 Å². The summed E-state index contributed by atoms with van der Waals surface area (Å²) in [6.45, 7) is 1.21.